The van der Waals surface area contributed by atoms with Crippen LogP contribution in [0.3, 0.4) is 0 Å². The Morgan fingerprint density at radius 2 is 1.72 bits per heavy atom. The molecule has 0 radical (unpaired) electrons. The third kappa shape index (κ3) is 4.80. The van der Waals surface area contributed by atoms with E-state index in [1.807, 2.05) is 0 Å². The fourth-order valence-electron chi connectivity index (χ4n) is 2.79. The van der Waals surface area contributed by atoms with E-state index in [2.05, 4.69) is 11.4 Å². The van der Waals surface area contributed by atoms with Gasteiger partial charge in [0, 0.05) is 13.0 Å². The summed E-state index contributed by atoms with van der Waals surface area (Å²) in [7, 11) is 0. The summed E-state index contributed by atoms with van der Waals surface area (Å²) in [5.41, 5.74) is -0.351. The molecule has 2 atom stereocenters. The molecule has 0 bridgehead atoms. The Labute approximate surface area is 169 Å². The molecule has 0 aromatic heterocycles. The van der Waals surface area contributed by atoms with E-state index >= 15 is 0 Å². The molecule has 1 N–H and O–H groups in total. The Morgan fingerprint density at radius 3 is 2.21 bits per heavy atom. The van der Waals surface area contributed by atoms with Gasteiger partial charge in [-0.15, -0.1) is 0 Å². The molecule has 8 nitrogen and oxygen atoms in total. The van der Waals surface area contributed by atoms with E-state index in [4.69, 9.17) is 4.74 Å². The zero-order chi connectivity index (χ0) is 21.8. The minimum absolute atomic E-state index is 0.0509. The van der Waals surface area contributed by atoms with Crippen molar-refractivity contribution in [2.75, 3.05) is 6.54 Å². The van der Waals surface area contributed by atoms with Gasteiger partial charge in [0.1, 0.15) is 5.54 Å². The highest BCUT2D eigenvalue weighted by atomic mass is 16.5. The number of carbonyl (C=O) groups excluding carboxylic acids is 4. The van der Waals surface area contributed by atoms with Crippen molar-refractivity contribution in [3.8, 4) is 6.07 Å². The van der Waals surface area contributed by atoms with Gasteiger partial charge >= 0.3 is 5.97 Å². The molecule has 154 valence electrons. The maximum absolute atomic E-state index is 12.3. The van der Waals surface area contributed by atoms with Gasteiger partial charge in [-0.3, -0.25) is 24.1 Å². The molecular weight excluding hydrogens is 374 g/mol. The number of esters is 1. The number of rotatable bonds is 8. The third-order valence-corrected chi connectivity index (χ3v) is 5.09. The van der Waals surface area contributed by atoms with Crippen LogP contribution in [0.5, 0.6) is 0 Å². The summed E-state index contributed by atoms with van der Waals surface area (Å²) in [5, 5.41) is 11.9. The van der Waals surface area contributed by atoms with Crippen LogP contribution < -0.4 is 5.32 Å². The first-order valence-electron chi connectivity index (χ1n) is 9.48. The van der Waals surface area contributed by atoms with Gasteiger partial charge in [-0.25, -0.2) is 0 Å². The van der Waals surface area contributed by atoms with E-state index in [-0.39, 0.29) is 37.1 Å². The number of nitriles is 1. The van der Waals surface area contributed by atoms with Crippen molar-refractivity contribution in [3.63, 3.8) is 0 Å². The second-order valence-electron chi connectivity index (χ2n) is 7.50. The highest BCUT2D eigenvalue weighted by molar-refractivity contribution is 6.21. The van der Waals surface area contributed by atoms with Gasteiger partial charge in [0.15, 0.2) is 6.10 Å². The van der Waals surface area contributed by atoms with Gasteiger partial charge in [0.2, 0.25) is 0 Å². The Morgan fingerprint density at radius 1 is 1.17 bits per heavy atom. The van der Waals surface area contributed by atoms with Gasteiger partial charge in [0.05, 0.1) is 17.2 Å². The first kappa shape index (κ1) is 22.1. The first-order valence-corrected chi connectivity index (χ1v) is 9.48. The lowest BCUT2D eigenvalue weighted by atomic mass is 9.90. The standard InChI is InChI=1S/C21H25N3O5/c1-13(2)21(4,12-22)23-18(26)14(3)29-17(25)10-7-11-24-19(27)15-8-5-6-9-16(15)20(24)28/h5-6,8-9,13-14H,7,10-11H2,1-4H3,(H,23,26)/t14-,21+/m0/s1. The Bertz CT molecular complexity index is 838. The second kappa shape index (κ2) is 8.86. The van der Waals surface area contributed by atoms with Crippen molar-refractivity contribution < 1.29 is 23.9 Å². The number of hydrogen-bond donors (Lipinski definition) is 1. The molecule has 1 heterocycles. The molecule has 1 aliphatic rings. The largest absolute Gasteiger partial charge is 0.453 e. The second-order valence-corrected chi connectivity index (χ2v) is 7.50. The van der Waals surface area contributed by atoms with Gasteiger partial charge in [-0.2, -0.15) is 5.26 Å². The summed E-state index contributed by atoms with van der Waals surface area (Å²) in [6.07, 6.45) is -0.890. The Hall–Kier alpha value is -3.21. The zero-order valence-electron chi connectivity index (χ0n) is 17.0. The fourth-order valence-corrected chi connectivity index (χ4v) is 2.79. The number of amides is 3. The van der Waals surface area contributed by atoms with Crippen LogP contribution in [0.25, 0.3) is 0 Å². The number of hydrogen-bond acceptors (Lipinski definition) is 6. The van der Waals surface area contributed by atoms with Crippen LogP contribution in [0.1, 0.15) is 61.3 Å². The van der Waals surface area contributed by atoms with E-state index in [1.165, 1.54) is 6.92 Å². The van der Waals surface area contributed by atoms with Crippen LogP contribution in [0.2, 0.25) is 0 Å². The fraction of sp³-hybridized carbons (Fsp3) is 0.476. The highest BCUT2D eigenvalue weighted by Crippen LogP contribution is 2.22. The molecule has 1 aromatic rings. The molecule has 0 spiro atoms. The van der Waals surface area contributed by atoms with Crippen LogP contribution in [-0.2, 0) is 14.3 Å². The average Bonchev–Trinajstić information content (AvgIpc) is 2.92. The first-order chi connectivity index (χ1) is 13.6. The van der Waals surface area contributed by atoms with Gasteiger partial charge in [-0.05, 0) is 38.3 Å². The van der Waals surface area contributed by atoms with Gasteiger partial charge in [0.25, 0.3) is 17.7 Å². The van der Waals surface area contributed by atoms with Crippen molar-refractivity contribution in [2.24, 2.45) is 5.92 Å². The third-order valence-electron chi connectivity index (χ3n) is 5.09. The van der Waals surface area contributed by atoms with Crippen LogP contribution in [0, 0.1) is 17.2 Å². The number of benzene rings is 1. The highest BCUT2D eigenvalue weighted by Gasteiger charge is 2.35. The molecule has 0 aliphatic carbocycles. The lowest BCUT2D eigenvalue weighted by Crippen LogP contribution is -2.52. The van der Waals surface area contributed by atoms with Gasteiger partial charge in [-0.1, -0.05) is 26.0 Å². The molecule has 0 saturated carbocycles. The molecule has 3 amide bonds. The van der Waals surface area contributed by atoms with E-state index in [0.29, 0.717) is 11.1 Å². The normalized spacial score (nSPS) is 16.1. The average molecular weight is 399 g/mol. The molecule has 2 rings (SSSR count). The summed E-state index contributed by atoms with van der Waals surface area (Å²) < 4.78 is 5.11. The zero-order valence-corrected chi connectivity index (χ0v) is 17.0. The summed E-state index contributed by atoms with van der Waals surface area (Å²) in [5.74, 6) is -2.06. The Balaban J connectivity index is 1.82. The predicted molar refractivity (Wildman–Crippen MR) is 104 cm³/mol. The van der Waals surface area contributed by atoms with Crippen LogP contribution in [0.4, 0.5) is 0 Å². The lowest BCUT2D eigenvalue weighted by Gasteiger charge is -2.28. The topological polar surface area (TPSA) is 117 Å². The number of carbonyl (C=O) groups is 4. The smallest absolute Gasteiger partial charge is 0.306 e. The monoisotopic (exact) mass is 399 g/mol. The van der Waals surface area contributed by atoms with Crippen LogP contribution in [0.15, 0.2) is 24.3 Å². The molecule has 0 saturated heterocycles. The Kier molecular flexibility index (Phi) is 6.75. The van der Waals surface area contributed by atoms with E-state index < -0.39 is 23.5 Å². The minimum atomic E-state index is -1.07. The molecule has 0 unspecified atom stereocenters. The number of imide groups is 1. The molecule has 29 heavy (non-hydrogen) atoms. The maximum Gasteiger partial charge on any atom is 0.306 e. The lowest BCUT2D eigenvalue weighted by molar-refractivity contribution is -0.155. The van der Waals surface area contributed by atoms with Crippen LogP contribution >= 0.6 is 0 Å². The SMILES string of the molecule is CC(C)[C@@](C)(C#N)NC(=O)[C@H](C)OC(=O)CCCN1C(=O)c2ccccc2C1=O. The van der Waals surface area contributed by atoms with Gasteiger partial charge < -0.3 is 10.1 Å². The minimum Gasteiger partial charge on any atom is -0.453 e. The molecular formula is C21H25N3O5. The summed E-state index contributed by atoms with van der Waals surface area (Å²) in [6.45, 7) is 6.72. The van der Waals surface area contributed by atoms with Crippen LogP contribution in [-0.4, -0.2) is 46.8 Å². The summed E-state index contributed by atoms with van der Waals surface area (Å²) in [6, 6.07) is 8.62. The molecule has 1 aliphatic heterocycles. The van der Waals surface area contributed by atoms with E-state index in [0.717, 1.165) is 4.90 Å². The summed E-state index contributed by atoms with van der Waals surface area (Å²) in [4.78, 5) is 49.9. The van der Waals surface area contributed by atoms with Crippen molar-refractivity contribution >= 4 is 23.7 Å². The van der Waals surface area contributed by atoms with E-state index in [1.54, 1.807) is 45.0 Å². The molecule has 1 aromatic carbocycles. The quantitative estimate of drug-likeness (QED) is 0.528. The number of fused-ring (bicyclic) bond motifs is 1. The molecule has 0 fully saturated rings. The van der Waals surface area contributed by atoms with Crippen molar-refractivity contribution in [2.45, 2.75) is 52.2 Å². The van der Waals surface area contributed by atoms with Crippen molar-refractivity contribution in [1.29, 1.82) is 5.26 Å². The number of ether oxygens (including phenoxy) is 1. The maximum atomic E-state index is 12.3. The molecule has 8 heteroatoms. The van der Waals surface area contributed by atoms with Crippen molar-refractivity contribution in [3.05, 3.63) is 35.4 Å². The number of nitrogens with one attached hydrogen (secondary N) is 1. The predicted octanol–water partition coefficient (Wildman–Crippen LogP) is 2.05. The van der Waals surface area contributed by atoms with E-state index in [9.17, 15) is 24.4 Å². The van der Waals surface area contributed by atoms with Crippen molar-refractivity contribution in [1.82, 2.24) is 10.2 Å². The number of nitrogens with zero attached hydrogens (tertiary/aromatic N) is 2. The summed E-state index contributed by atoms with van der Waals surface area (Å²) >= 11 is 0.